The van der Waals surface area contributed by atoms with Crippen molar-refractivity contribution >= 4 is 5.84 Å². The monoisotopic (exact) mass is 234 g/mol. The van der Waals surface area contributed by atoms with Crippen molar-refractivity contribution in [2.75, 3.05) is 6.61 Å². The third-order valence-electron chi connectivity index (χ3n) is 3.10. The summed E-state index contributed by atoms with van der Waals surface area (Å²) in [6, 6.07) is 0. The molecule has 0 aromatic carbocycles. The summed E-state index contributed by atoms with van der Waals surface area (Å²) in [5.41, 5.74) is 5.68. The fraction of sp³-hybridized carbons (Fsp3) is 0.583. The van der Waals surface area contributed by atoms with Gasteiger partial charge < -0.3 is 10.5 Å². The van der Waals surface area contributed by atoms with E-state index in [1.165, 1.54) is 44.5 Å². The lowest BCUT2D eigenvalue weighted by atomic mass is 9.90. The number of rotatable bonds is 4. The number of ether oxygens (including phenoxy) is 1. The zero-order chi connectivity index (χ0) is 12.1. The second-order valence-corrected chi connectivity index (χ2v) is 4.47. The van der Waals surface area contributed by atoms with E-state index in [0.29, 0.717) is 24.1 Å². The molecule has 5 nitrogen and oxygen atoms in total. The molecule has 1 aromatic heterocycles. The van der Waals surface area contributed by atoms with Crippen LogP contribution in [-0.4, -0.2) is 22.4 Å². The fourth-order valence-electron chi connectivity index (χ4n) is 2.09. The second kappa shape index (κ2) is 5.61. The van der Waals surface area contributed by atoms with Gasteiger partial charge in [-0.05, 0) is 18.8 Å². The van der Waals surface area contributed by atoms with Gasteiger partial charge in [-0.15, -0.1) is 0 Å². The zero-order valence-corrected chi connectivity index (χ0v) is 9.85. The lowest BCUT2D eigenvalue weighted by Crippen LogP contribution is -2.17. The Balaban J connectivity index is 1.84. The summed E-state index contributed by atoms with van der Waals surface area (Å²) in [4.78, 5) is 8.08. The lowest BCUT2D eigenvalue weighted by Gasteiger charge is -2.21. The molecule has 0 amide bonds. The quantitative estimate of drug-likeness (QED) is 0.613. The molecule has 1 aromatic rings. The molecule has 2 rings (SSSR count). The van der Waals surface area contributed by atoms with Crippen LogP contribution in [0.15, 0.2) is 12.4 Å². The minimum absolute atomic E-state index is 0.0728. The van der Waals surface area contributed by atoms with Gasteiger partial charge in [0.2, 0.25) is 5.88 Å². The van der Waals surface area contributed by atoms with Crippen molar-refractivity contribution in [2.24, 2.45) is 11.7 Å². The van der Waals surface area contributed by atoms with E-state index in [0.717, 1.165) is 0 Å². The first-order chi connectivity index (χ1) is 8.25. The van der Waals surface area contributed by atoms with E-state index in [1.54, 1.807) is 0 Å². The third-order valence-corrected chi connectivity index (χ3v) is 3.10. The third kappa shape index (κ3) is 3.41. The smallest absolute Gasteiger partial charge is 0.232 e. The molecule has 0 spiro atoms. The minimum atomic E-state index is -0.0728. The highest BCUT2D eigenvalue weighted by Crippen LogP contribution is 2.24. The van der Waals surface area contributed by atoms with Gasteiger partial charge in [0.15, 0.2) is 0 Å². The number of nitrogens with one attached hydrogen (secondary N) is 1. The Bertz CT molecular complexity index is 371. The first-order valence-corrected chi connectivity index (χ1v) is 6.05. The molecule has 0 aliphatic heterocycles. The van der Waals surface area contributed by atoms with E-state index in [2.05, 4.69) is 9.97 Å². The van der Waals surface area contributed by atoms with E-state index in [-0.39, 0.29) is 5.84 Å². The number of amidine groups is 1. The molecule has 92 valence electrons. The summed E-state index contributed by atoms with van der Waals surface area (Å²) in [6.45, 7) is 0.716. The second-order valence-electron chi connectivity index (χ2n) is 4.47. The molecule has 0 saturated heterocycles. The highest BCUT2D eigenvalue weighted by molar-refractivity contribution is 5.92. The molecule has 0 radical (unpaired) electrons. The van der Waals surface area contributed by atoms with Crippen molar-refractivity contribution in [3.63, 3.8) is 0 Å². The van der Waals surface area contributed by atoms with Gasteiger partial charge in [-0.25, -0.2) is 9.97 Å². The summed E-state index contributed by atoms with van der Waals surface area (Å²) >= 11 is 0. The Labute approximate surface area is 101 Å². The predicted molar refractivity (Wildman–Crippen MR) is 65.1 cm³/mol. The summed E-state index contributed by atoms with van der Waals surface area (Å²) < 4.78 is 5.60. The molecule has 5 heteroatoms. The van der Waals surface area contributed by atoms with Crippen LogP contribution in [0.1, 0.15) is 37.8 Å². The van der Waals surface area contributed by atoms with E-state index in [1.807, 2.05) is 0 Å². The van der Waals surface area contributed by atoms with Crippen LogP contribution in [0.4, 0.5) is 0 Å². The molecule has 1 heterocycles. The average molecular weight is 234 g/mol. The number of nitrogens with zero attached hydrogens (tertiary/aromatic N) is 2. The average Bonchev–Trinajstić information content (AvgIpc) is 2.38. The van der Waals surface area contributed by atoms with Crippen LogP contribution in [0.2, 0.25) is 0 Å². The van der Waals surface area contributed by atoms with Crippen LogP contribution >= 0.6 is 0 Å². The van der Waals surface area contributed by atoms with Crippen molar-refractivity contribution < 1.29 is 4.74 Å². The number of hydrogen-bond donors (Lipinski definition) is 2. The molecule has 1 fully saturated rings. The molecular formula is C12H18N4O. The molecule has 0 bridgehead atoms. The van der Waals surface area contributed by atoms with Crippen molar-refractivity contribution in [3.05, 3.63) is 18.1 Å². The summed E-state index contributed by atoms with van der Waals surface area (Å²) in [6.07, 6.45) is 9.46. The first kappa shape index (κ1) is 11.8. The molecule has 17 heavy (non-hydrogen) atoms. The maximum Gasteiger partial charge on any atom is 0.232 e. The normalized spacial score (nSPS) is 16.7. The molecular weight excluding hydrogens is 216 g/mol. The minimum Gasteiger partial charge on any atom is -0.476 e. The fourth-order valence-corrected chi connectivity index (χ4v) is 2.09. The van der Waals surface area contributed by atoms with E-state index in [9.17, 15) is 0 Å². The van der Waals surface area contributed by atoms with Gasteiger partial charge in [0.05, 0.1) is 19.0 Å². The van der Waals surface area contributed by atoms with Crippen molar-refractivity contribution in [1.82, 2.24) is 9.97 Å². The zero-order valence-electron chi connectivity index (χ0n) is 9.85. The Morgan fingerprint density at radius 3 is 2.65 bits per heavy atom. The number of aromatic nitrogens is 2. The van der Waals surface area contributed by atoms with Crippen molar-refractivity contribution in [3.8, 4) is 5.88 Å². The topological polar surface area (TPSA) is 84.9 Å². The molecule has 1 aliphatic carbocycles. The van der Waals surface area contributed by atoms with Gasteiger partial charge in [-0.3, -0.25) is 5.41 Å². The van der Waals surface area contributed by atoms with Gasteiger partial charge in [0, 0.05) is 0 Å². The number of hydrogen-bond acceptors (Lipinski definition) is 4. The van der Waals surface area contributed by atoms with E-state index in [4.69, 9.17) is 15.9 Å². The Hall–Kier alpha value is -1.65. The number of nitrogen functional groups attached to an aromatic ring is 1. The van der Waals surface area contributed by atoms with Crippen LogP contribution in [0.3, 0.4) is 0 Å². The Morgan fingerprint density at radius 2 is 2.06 bits per heavy atom. The maximum absolute atomic E-state index is 7.20. The van der Waals surface area contributed by atoms with Crippen LogP contribution in [-0.2, 0) is 0 Å². The highest BCUT2D eigenvalue weighted by atomic mass is 16.5. The summed E-state index contributed by atoms with van der Waals surface area (Å²) in [5, 5.41) is 7.20. The SMILES string of the molecule is N=C(N)c1cnc(OCC2CCCCC2)cn1. The summed E-state index contributed by atoms with van der Waals surface area (Å²) in [7, 11) is 0. The van der Waals surface area contributed by atoms with Gasteiger partial charge in [-0.1, -0.05) is 19.3 Å². The van der Waals surface area contributed by atoms with Crippen LogP contribution < -0.4 is 10.5 Å². The molecule has 3 N–H and O–H groups in total. The molecule has 1 saturated carbocycles. The largest absolute Gasteiger partial charge is 0.476 e. The first-order valence-electron chi connectivity index (χ1n) is 6.05. The number of nitrogens with two attached hydrogens (primary N) is 1. The van der Waals surface area contributed by atoms with Gasteiger partial charge >= 0.3 is 0 Å². The standard InChI is InChI=1S/C12H18N4O/c13-12(14)10-6-16-11(7-15-10)17-8-9-4-2-1-3-5-9/h6-7,9H,1-5,8H2,(H3,13,14). The van der Waals surface area contributed by atoms with E-state index >= 15 is 0 Å². The molecule has 0 unspecified atom stereocenters. The van der Waals surface area contributed by atoms with Gasteiger partial charge in [-0.2, -0.15) is 0 Å². The van der Waals surface area contributed by atoms with Crippen LogP contribution in [0, 0.1) is 11.3 Å². The molecule has 0 atom stereocenters. The lowest BCUT2D eigenvalue weighted by molar-refractivity contribution is 0.202. The predicted octanol–water partition coefficient (Wildman–Crippen LogP) is 1.72. The Kier molecular flexibility index (Phi) is 3.90. The highest BCUT2D eigenvalue weighted by Gasteiger charge is 2.14. The maximum atomic E-state index is 7.20. The van der Waals surface area contributed by atoms with Crippen LogP contribution in [0.5, 0.6) is 5.88 Å². The van der Waals surface area contributed by atoms with Crippen molar-refractivity contribution in [1.29, 1.82) is 5.41 Å². The van der Waals surface area contributed by atoms with E-state index < -0.39 is 0 Å². The van der Waals surface area contributed by atoms with Gasteiger partial charge in [0.25, 0.3) is 0 Å². The Morgan fingerprint density at radius 1 is 1.29 bits per heavy atom. The summed E-state index contributed by atoms with van der Waals surface area (Å²) in [5.74, 6) is 1.09. The van der Waals surface area contributed by atoms with Crippen LogP contribution in [0.25, 0.3) is 0 Å². The molecule has 1 aliphatic rings. The van der Waals surface area contributed by atoms with Gasteiger partial charge in [0.1, 0.15) is 11.5 Å². The van der Waals surface area contributed by atoms with Crippen molar-refractivity contribution in [2.45, 2.75) is 32.1 Å².